The third kappa shape index (κ3) is 3.25. The van der Waals surface area contributed by atoms with Gasteiger partial charge in [0.1, 0.15) is 5.82 Å². The molecule has 1 fully saturated rings. The molecular formula is C12H16ClFN2O2S. The normalized spacial score (nSPS) is 23.7. The highest BCUT2D eigenvalue weighted by Crippen LogP contribution is 2.27. The summed E-state index contributed by atoms with van der Waals surface area (Å²) in [5, 5.41) is -0.204. The lowest BCUT2D eigenvalue weighted by atomic mass is 10.1. The van der Waals surface area contributed by atoms with E-state index in [1.54, 1.807) is 0 Å². The minimum Gasteiger partial charge on any atom is -0.330 e. The quantitative estimate of drug-likeness (QED) is 0.892. The summed E-state index contributed by atoms with van der Waals surface area (Å²) in [5.74, 6) is -0.480. The van der Waals surface area contributed by atoms with Crippen LogP contribution in [0.25, 0.3) is 0 Å². The monoisotopic (exact) mass is 306 g/mol. The summed E-state index contributed by atoms with van der Waals surface area (Å²) in [4.78, 5) is -0.0263. The molecule has 0 heterocycles. The standard InChI is InChI=1S/C12H16ClFN2O2S/c13-10-6-9(4-5-11(10)14)19(17,18)16-12-3-1-2-8(12)7-15/h4-6,8,12,16H,1-3,7,15H2. The molecule has 0 aromatic heterocycles. The molecule has 0 saturated heterocycles. The van der Waals surface area contributed by atoms with Gasteiger partial charge in [-0.1, -0.05) is 18.0 Å². The van der Waals surface area contributed by atoms with Crippen molar-refractivity contribution in [1.82, 2.24) is 4.72 Å². The first-order valence-corrected chi connectivity index (χ1v) is 7.97. The summed E-state index contributed by atoms with van der Waals surface area (Å²) in [5.41, 5.74) is 5.62. The smallest absolute Gasteiger partial charge is 0.240 e. The van der Waals surface area contributed by atoms with E-state index in [1.807, 2.05) is 0 Å². The molecule has 106 valence electrons. The zero-order valence-corrected chi connectivity index (χ0v) is 11.8. The number of hydrogen-bond donors (Lipinski definition) is 2. The van der Waals surface area contributed by atoms with Gasteiger partial charge in [-0.2, -0.15) is 0 Å². The Kier molecular flexibility index (Phi) is 4.45. The van der Waals surface area contributed by atoms with E-state index in [1.165, 1.54) is 6.07 Å². The fraction of sp³-hybridized carbons (Fsp3) is 0.500. The average molecular weight is 307 g/mol. The summed E-state index contributed by atoms with van der Waals surface area (Å²) in [6.45, 7) is 0.456. The highest BCUT2D eigenvalue weighted by molar-refractivity contribution is 7.89. The molecule has 0 amide bonds. The number of rotatable bonds is 4. The number of nitrogens with two attached hydrogens (primary N) is 1. The molecule has 19 heavy (non-hydrogen) atoms. The second-order valence-corrected chi connectivity index (χ2v) is 6.85. The van der Waals surface area contributed by atoms with E-state index in [0.29, 0.717) is 6.54 Å². The van der Waals surface area contributed by atoms with Crippen LogP contribution in [0, 0.1) is 11.7 Å². The number of benzene rings is 1. The molecule has 1 aliphatic rings. The van der Waals surface area contributed by atoms with Crippen LogP contribution in [-0.2, 0) is 10.0 Å². The zero-order valence-electron chi connectivity index (χ0n) is 10.3. The molecule has 2 unspecified atom stereocenters. The number of nitrogens with one attached hydrogen (secondary N) is 1. The molecular weight excluding hydrogens is 291 g/mol. The number of hydrogen-bond acceptors (Lipinski definition) is 3. The molecule has 1 aliphatic carbocycles. The predicted molar refractivity (Wildman–Crippen MR) is 71.9 cm³/mol. The minimum atomic E-state index is -3.68. The van der Waals surface area contributed by atoms with Crippen LogP contribution in [0.4, 0.5) is 4.39 Å². The largest absolute Gasteiger partial charge is 0.330 e. The van der Waals surface area contributed by atoms with Crippen molar-refractivity contribution < 1.29 is 12.8 Å². The maximum atomic E-state index is 13.0. The highest BCUT2D eigenvalue weighted by atomic mass is 35.5. The molecule has 0 bridgehead atoms. The van der Waals surface area contributed by atoms with Crippen LogP contribution in [0.5, 0.6) is 0 Å². The molecule has 1 saturated carbocycles. The van der Waals surface area contributed by atoms with E-state index in [4.69, 9.17) is 17.3 Å². The summed E-state index contributed by atoms with van der Waals surface area (Å²) in [6.07, 6.45) is 2.66. The van der Waals surface area contributed by atoms with Crippen LogP contribution < -0.4 is 10.5 Å². The summed E-state index contributed by atoms with van der Waals surface area (Å²) < 4.78 is 40.0. The highest BCUT2D eigenvalue weighted by Gasteiger charge is 2.30. The van der Waals surface area contributed by atoms with Gasteiger partial charge >= 0.3 is 0 Å². The molecule has 3 N–H and O–H groups in total. The van der Waals surface area contributed by atoms with E-state index in [0.717, 1.165) is 31.4 Å². The summed E-state index contributed by atoms with van der Waals surface area (Å²) in [6, 6.07) is 3.21. The van der Waals surface area contributed by atoms with E-state index in [9.17, 15) is 12.8 Å². The summed E-state index contributed by atoms with van der Waals surface area (Å²) in [7, 11) is -3.68. The lowest BCUT2D eigenvalue weighted by molar-refractivity contribution is 0.453. The first-order valence-electron chi connectivity index (χ1n) is 6.11. The Bertz CT molecular complexity index is 565. The SMILES string of the molecule is NCC1CCCC1NS(=O)(=O)c1ccc(F)c(Cl)c1. The molecule has 1 aromatic carbocycles. The van der Waals surface area contributed by atoms with E-state index in [2.05, 4.69) is 4.72 Å². The van der Waals surface area contributed by atoms with Crippen molar-refractivity contribution in [2.24, 2.45) is 11.7 Å². The van der Waals surface area contributed by atoms with Gasteiger partial charge < -0.3 is 5.73 Å². The Morgan fingerprint density at radius 1 is 1.42 bits per heavy atom. The fourth-order valence-corrected chi connectivity index (χ4v) is 4.00. The van der Waals surface area contributed by atoms with Crippen LogP contribution in [0.2, 0.25) is 5.02 Å². The van der Waals surface area contributed by atoms with Crippen LogP contribution in [0.15, 0.2) is 23.1 Å². The average Bonchev–Trinajstić information content (AvgIpc) is 2.79. The van der Waals surface area contributed by atoms with Gasteiger partial charge in [0, 0.05) is 6.04 Å². The Labute approximate surface area is 117 Å². The first kappa shape index (κ1) is 14.7. The van der Waals surface area contributed by atoms with Gasteiger partial charge in [-0.15, -0.1) is 0 Å². The molecule has 0 spiro atoms. The maximum absolute atomic E-state index is 13.0. The third-order valence-corrected chi connectivity index (χ3v) is 5.25. The molecule has 4 nitrogen and oxygen atoms in total. The zero-order chi connectivity index (χ0) is 14.0. The van der Waals surface area contributed by atoms with Gasteiger partial charge in [-0.05, 0) is 43.5 Å². The maximum Gasteiger partial charge on any atom is 0.240 e. The van der Waals surface area contributed by atoms with Gasteiger partial charge in [-0.3, -0.25) is 0 Å². The van der Waals surface area contributed by atoms with Gasteiger partial charge in [0.05, 0.1) is 9.92 Å². The van der Waals surface area contributed by atoms with Crippen molar-refractivity contribution >= 4 is 21.6 Å². The second-order valence-electron chi connectivity index (χ2n) is 4.73. The van der Waals surface area contributed by atoms with Gasteiger partial charge in [-0.25, -0.2) is 17.5 Å². The van der Waals surface area contributed by atoms with Crippen molar-refractivity contribution in [3.63, 3.8) is 0 Å². The van der Waals surface area contributed by atoms with E-state index in [-0.39, 0.29) is 21.9 Å². The number of sulfonamides is 1. The minimum absolute atomic E-state index is 0.0263. The van der Waals surface area contributed by atoms with Crippen LogP contribution >= 0.6 is 11.6 Å². The molecule has 7 heteroatoms. The third-order valence-electron chi connectivity index (χ3n) is 3.47. The molecule has 2 atom stereocenters. The van der Waals surface area contributed by atoms with Gasteiger partial charge in [0.15, 0.2) is 0 Å². The number of halogens is 2. The molecule has 0 aliphatic heterocycles. The second kappa shape index (κ2) is 5.75. The molecule has 1 aromatic rings. The van der Waals surface area contributed by atoms with Crippen LogP contribution in [-0.4, -0.2) is 21.0 Å². The van der Waals surface area contributed by atoms with Crippen LogP contribution in [0.1, 0.15) is 19.3 Å². The predicted octanol–water partition coefficient (Wildman–Crippen LogP) is 1.88. The van der Waals surface area contributed by atoms with Gasteiger partial charge in [0.2, 0.25) is 10.0 Å². The van der Waals surface area contributed by atoms with Crippen molar-refractivity contribution in [2.45, 2.75) is 30.2 Å². The molecule has 0 radical (unpaired) electrons. The molecule has 2 rings (SSSR count). The van der Waals surface area contributed by atoms with Crippen molar-refractivity contribution in [2.75, 3.05) is 6.54 Å². The van der Waals surface area contributed by atoms with Crippen LogP contribution in [0.3, 0.4) is 0 Å². The van der Waals surface area contributed by atoms with Crippen molar-refractivity contribution in [3.05, 3.63) is 29.0 Å². The Morgan fingerprint density at radius 2 is 2.16 bits per heavy atom. The van der Waals surface area contributed by atoms with Crippen molar-refractivity contribution in [3.8, 4) is 0 Å². The Morgan fingerprint density at radius 3 is 2.79 bits per heavy atom. The lowest BCUT2D eigenvalue weighted by Gasteiger charge is -2.19. The van der Waals surface area contributed by atoms with E-state index >= 15 is 0 Å². The first-order chi connectivity index (χ1) is 8.94. The van der Waals surface area contributed by atoms with Gasteiger partial charge in [0.25, 0.3) is 0 Å². The fourth-order valence-electron chi connectivity index (χ4n) is 2.39. The Hall–Kier alpha value is -0.690. The summed E-state index contributed by atoms with van der Waals surface area (Å²) >= 11 is 5.61. The van der Waals surface area contributed by atoms with E-state index < -0.39 is 15.8 Å². The lowest BCUT2D eigenvalue weighted by Crippen LogP contribution is -2.39. The van der Waals surface area contributed by atoms with Crippen molar-refractivity contribution in [1.29, 1.82) is 0 Å². The topological polar surface area (TPSA) is 72.2 Å². The Balaban J connectivity index is 2.20.